The maximum atomic E-state index is 13.2. The lowest BCUT2D eigenvalue weighted by Crippen LogP contribution is -2.54. The molecule has 0 radical (unpaired) electrons. The summed E-state index contributed by atoms with van der Waals surface area (Å²) in [7, 11) is 0. The van der Waals surface area contributed by atoms with Crippen molar-refractivity contribution in [3.63, 3.8) is 0 Å². The highest BCUT2D eigenvalue weighted by atomic mass is 19.2. The van der Waals surface area contributed by atoms with Gasteiger partial charge < -0.3 is 15.3 Å². The van der Waals surface area contributed by atoms with Crippen molar-refractivity contribution < 1.29 is 42.9 Å². The predicted octanol–water partition coefficient (Wildman–Crippen LogP) is 0.261. The first-order valence-corrected chi connectivity index (χ1v) is 4.17. The van der Waals surface area contributed by atoms with E-state index in [0.29, 0.717) is 0 Å². The van der Waals surface area contributed by atoms with Crippen LogP contribution < -0.4 is 0 Å². The average Bonchev–Trinajstić information content (AvgIpc) is 2.24. The van der Waals surface area contributed by atoms with E-state index in [1.807, 2.05) is 0 Å². The first-order valence-electron chi connectivity index (χ1n) is 4.17. The third-order valence-corrected chi connectivity index (χ3v) is 2.29. The Bertz CT molecular complexity index is 294. The second-order valence-corrected chi connectivity index (χ2v) is 3.47. The number of hydrogen-bond acceptors (Lipinski definition) is 3. The van der Waals surface area contributed by atoms with E-state index in [0.717, 1.165) is 0 Å². The normalized spacial score (nSPS) is 19.8. The third-order valence-electron chi connectivity index (χ3n) is 2.29. The van der Waals surface area contributed by atoms with Crippen LogP contribution in [-0.4, -0.2) is 51.7 Å². The number of hydrogen-bond donors (Lipinski definition) is 3. The topological polar surface area (TPSA) is 112 Å². The summed E-state index contributed by atoms with van der Waals surface area (Å²) in [6.45, 7) is 0.267. The van der Waals surface area contributed by atoms with Crippen LogP contribution in [-0.2, 0) is 14.4 Å². The fourth-order valence-electron chi connectivity index (χ4n) is 1.18. The molecule has 0 saturated carbocycles. The van der Waals surface area contributed by atoms with E-state index in [2.05, 4.69) is 0 Å². The highest BCUT2D eigenvalue weighted by molar-refractivity contribution is 5.83. The lowest BCUT2D eigenvalue weighted by Gasteiger charge is -2.32. The second-order valence-electron chi connectivity index (χ2n) is 3.47. The van der Waals surface area contributed by atoms with Gasteiger partial charge in [0.15, 0.2) is 0 Å². The van der Waals surface area contributed by atoms with E-state index in [1.165, 1.54) is 0 Å². The summed E-state index contributed by atoms with van der Waals surface area (Å²) in [5.41, 5.74) is -3.36. The molecule has 0 aromatic rings. The summed E-state index contributed by atoms with van der Waals surface area (Å²) in [6.07, 6.45) is -9.96. The minimum atomic E-state index is -3.36. The Kier molecular flexibility index (Phi) is 4.49. The van der Waals surface area contributed by atoms with Gasteiger partial charge in [0.1, 0.15) is 0 Å². The molecule has 0 spiro atoms. The molecule has 0 aliphatic carbocycles. The Labute approximate surface area is 92.7 Å². The van der Waals surface area contributed by atoms with Gasteiger partial charge in [-0.15, -0.1) is 0 Å². The Balaban J connectivity index is 5.58. The molecule has 0 heterocycles. The van der Waals surface area contributed by atoms with E-state index >= 15 is 0 Å². The van der Waals surface area contributed by atoms with Gasteiger partial charge in [0.25, 0.3) is 0 Å². The molecule has 0 saturated heterocycles. The minimum Gasteiger partial charge on any atom is -0.479 e. The van der Waals surface area contributed by atoms with Crippen molar-refractivity contribution in [2.45, 2.75) is 25.4 Å². The third kappa shape index (κ3) is 2.66. The molecule has 0 fully saturated rings. The molecule has 3 atom stereocenters. The monoisotopic (exact) mass is 258 g/mol. The maximum absolute atomic E-state index is 13.2. The highest BCUT2D eigenvalue weighted by Crippen LogP contribution is 2.37. The molecule has 98 valence electrons. The van der Waals surface area contributed by atoms with Crippen molar-refractivity contribution in [1.82, 2.24) is 0 Å². The molecule has 17 heavy (non-hydrogen) atoms. The molecular weight excluding hydrogens is 249 g/mol. The van der Waals surface area contributed by atoms with Gasteiger partial charge in [-0.2, -0.15) is 0 Å². The summed E-state index contributed by atoms with van der Waals surface area (Å²) in [5.74, 6) is -7.04. The van der Waals surface area contributed by atoms with Crippen LogP contribution >= 0.6 is 0 Å². The van der Waals surface area contributed by atoms with Crippen LogP contribution in [0.3, 0.4) is 0 Å². The van der Waals surface area contributed by atoms with Gasteiger partial charge in [0.2, 0.25) is 18.5 Å². The summed E-state index contributed by atoms with van der Waals surface area (Å²) in [4.78, 5) is 30.9. The largest absolute Gasteiger partial charge is 0.479 e. The molecule has 6 nitrogen and oxygen atoms in total. The summed E-state index contributed by atoms with van der Waals surface area (Å²) >= 11 is 0. The Hall–Kier alpha value is -1.80. The van der Waals surface area contributed by atoms with Crippen LogP contribution in [0.5, 0.6) is 0 Å². The number of carbonyl (C=O) groups is 3. The quantitative estimate of drug-likeness (QED) is 0.630. The zero-order chi connectivity index (χ0) is 14.0. The molecule has 0 aliphatic rings. The van der Waals surface area contributed by atoms with Gasteiger partial charge >= 0.3 is 17.9 Å². The van der Waals surface area contributed by atoms with Crippen molar-refractivity contribution >= 4 is 17.9 Å². The summed E-state index contributed by atoms with van der Waals surface area (Å²) in [5, 5.41) is 24.9. The van der Waals surface area contributed by atoms with Crippen molar-refractivity contribution in [3.05, 3.63) is 0 Å². The molecule has 0 aromatic heterocycles. The van der Waals surface area contributed by atoms with E-state index in [1.54, 1.807) is 0 Å². The molecule has 0 aromatic carbocycles. The van der Waals surface area contributed by atoms with Crippen molar-refractivity contribution in [2.75, 3.05) is 0 Å². The van der Waals surface area contributed by atoms with Gasteiger partial charge in [-0.1, -0.05) is 0 Å². The van der Waals surface area contributed by atoms with Crippen molar-refractivity contribution in [1.29, 1.82) is 0 Å². The molecular formula is C8H9F3O6. The van der Waals surface area contributed by atoms with Crippen LogP contribution in [0.2, 0.25) is 0 Å². The fraction of sp³-hybridized carbons (Fsp3) is 0.625. The van der Waals surface area contributed by atoms with Crippen molar-refractivity contribution in [3.8, 4) is 0 Å². The van der Waals surface area contributed by atoms with Crippen molar-refractivity contribution in [2.24, 2.45) is 5.41 Å². The first kappa shape index (κ1) is 15.2. The zero-order valence-electron chi connectivity index (χ0n) is 8.43. The second kappa shape index (κ2) is 5.02. The van der Waals surface area contributed by atoms with E-state index in [4.69, 9.17) is 15.3 Å². The van der Waals surface area contributed by atoms with Gasteiger partial charge in [-0.05, 0) is 6.92 Å². The lowest BCUT2D eigenvalue weighted by atomic mass is 9.76. The minimum absolute atomic E-state index is 0.267. The molecule has 3 unspecified atom stereocenters. The number of alkyl halides is 3. The molecule has 9 heteroatoms. The van der Waals surface area contributed by atoms with Crippen LogP contribution in [0.15, 0.2) is 0 Å². The van der Waals surface area contributed by atoms with Crippen LogP contribution in [0.25, 0.3) is 0 Å². The van der Waals surface area contributed by atoms with Gasteiger partial charge in [0.05, 0.1) is 5.41 Å². The summed E-state index contributed by atoms with van der Waals surface area (Å²) < 4.78 is 39.6. The van der Waals surface area contributed by atoms with Gasteiger partial charge in [-0.25, -0.2) is 27.6 Å². The van der Waals surface area contributed by atoms with Crippen LogP contribution in [0, 0.1) is 5.41 Å². The Morgan fingerprint density at radius 3 is 1.12 bits per heavy atom. The van der Waals surface area contributed by atoms with Crippen LogP contribution in [0.4, 0.5) is 13.2 Å². The number of carboxylic acid groups (broad SMARTS) is 3. The SMILES string of the molecule is CC(C(F)C(=O)O)(C(F)C(=O)O)C(F)C(=O)O. The fourth-order valence-corrected chi connectivity index (χ4v) is 1.18. The lowest BCUT2D eigenvalue weighted by molar-refractivity contribution is -0.171. The summed E-state index contributed by atoms with van der Waals surface area (Å²) in [6, 6.07) is 0. The average molecular weight is 258 g/mol. The Morgan fingerprint density at radius 1 is 0.824 bits per heavy atom. The molecule has 0 rings (SSSR count). The van der Waals surface area contributed by atoms with Gasteiger partial charge in [-0.3, -0.25) is 0 Å². The smallest absolute Gasteiger partial charge is 0.339 e. The number of rotatable bonds is 6. The van der Waals surface area contributed by atoms with E-state index in [-0.39, 0.29) is 6.92 Å². The molecule has 0 aliphatic heterocycles. The molecule has 0 bridgehead atoms. The predicted molar refractivity (Wildman–Crippen MR) is 45.7 cm³/mol. The highest BCUT2D eigenvalue weighted by Gasteiger charge is 2.58. The van der Waals surface area contributed by atoms with E-state index < -0.39 is 41.8 Å². The molecule has 3 N–H and O–H groups in total. The zero-order valence-corrected chi connectivity index (χ0v) is 8.43. The standard InChI is InChI=1S/C8H9F3O6/c1-8(2(9)5(12)13,3(10)6(14)15)4(11)7(16)17/h2-4H,1H3,(H,12,13)(H,14,15)(H,16,17). The number of aliphatic carboxylic acids is 3. The molecule has 0 amide bonds. The van der Waals surface area contributed by atoms with Crippen LogP contribution in [0.1, 0.15) is 6.92 Å². The first-order chi connectivity index (χ1) is 7.56. The maximum Gasteiger partial charge on any atom is 0.339 e. The number of halogens is 3. The Morgan fingerprint density at radius 2 is 1.00 bits per heavy atom. The van der Waals surface area contributed by atoms with E-state index in [9.17, 15) is 27.6 Å². The van der Waals surface area contributed by atoms with Gasteiger partial charge in [0, 0.05) is 0 Å². The number of carboxylic acids is 3.